The van der Waals surface area contributed by atoms with Crippen LogP contribution in [0.1, 0.15) is 27.9 Å². The molecule has 0 amide bonds. The molecule has 0 bridgehead atoms. The monoisotopic (exact) mass is 332 g/mol. The van der Waals surface area contributed by atoms with Crippen molar-refractivity contribution in [2.24, 2.45) is 0 Å². The molecule has 0 spiro atoms. The van der Waals surface area contributed by atoms with E-state index in [-0.39, 0.29) is 11.6 Å². The number of ketones is 1. The Labute approximate surface area is 145 Å². The summed E-state index contributed by atoms with van der Waals surface area (Å²) in [5.74, 6) is 0.300. The normalized spacial score (nSPS) is 13.1. The maximum Gasteiger partial charge on any atom is 0.164 e. The molecule has 0 unspecified atom stereocenters. The fraction of sp³-hybridized carbons (Fsp3) is 0.136. The number of hydrogen-bond acceptors (Lipinski definition) is 2. The maximum absolute atomic E-state index is 14.1. The number of fused-ring (bicyclic) bond motifs is 2. The van der Waals surface area contributed by atoms with Crippen molar-refractivity contribution >= 4 is 22.3 Å². The molecule has 0 fully saturated rings. The minimum absolute atomic E-state index is 0.0129. The summed E-state index contributed by atoms with van der Waals surface area (Å²) in [7, 11) is 1.59. The molecule has 0 saturated carbocycles. The molecule has 25 heavy (non-hydrogen) atoms. The van der Waals surface area contributed by atoms with Gasteiger partial charge in [0.15, 0.2) is 5.78 Å². The van der Waals surface area contributed by atoms with Crippen LogP contribution in [0.25, 0.3) is 27.7 Å². The molecular formula is C22H17FO2. The number of carbonyl (C=O) groups excluding carboxylic acids is 1. The van der Waals surface area contributed by atoms with Crippen molar-refractivity contribution in [3.63, 3.8) is 0 Å². The van der Waals surface area contributed by atoms with E-state index >= 15 is 0 Å². The quantitative estimate of drug-likeness (QED) is 0.601. The third-order valence-corrected chi connectivity index (χ3v) is 4.88. The average molecular weight is 332 g/mol. The second-order valence-electron chi connectivity index (χ2n) is 6.24. The van der Waals surface area contributed by atoms with Crippen molar-refractivity contribution in [3.8, 4) is 11.1 Å². The Kier molecular flexibility index (Phi) is 3.65. The molecule has 1 aliphatic carbocycles. The molecule has 3 aromatic rings. The number of halogens is 1. The van der Waals surface area contributed by atoms with Gasteiger partial charge in [-0.05, 0) is 46.0 Å². The minimum Gasteiger partial charge on any atom is -0.497 e. The predicted octanol–water partition coefficient (Wildman–Crippen LogP) is 5.39. The second-order valence-corrected chi connectivity index (χ2v) is 6.24. The second kappa shape index (κ2) is 5.85. The van der Waals surface area contributed by atoms with Gasteiger partial charge in [0.05, 0.1) is 7.11 Å². The van der Waals surface area contributed by atoms with E-state index in [0.717, 1.165) is 27.5 Å². The van der Waals surface area contributed by atoms with Gasteiger partial charge in [-0.3, -0.25) is 4.79 Å². The van der Waals surface area contributed by atoms with Crippen LogP contribution in [-0.4, -0.2) is 12.9 Å². The molecule has 1 aliphatic rings. The highest BCUT2D eigenvalue weighted by Gasteiger charge is 2.27. The molecule has 4 rings (SSSR count). The Morgan fingerprint density at radius 1 is 1.08 bits per heavy atom. The third kappa shape index (κ3) is 2.43. The van der Waals surface area contributed by atoms with Gasteiger partial charge >= 0.3 is 0 Å². The van der Waals surface area contributed by atoms with Gasteiger partial charge in [-0.1, -0.05) is 43.0 Å². The van der Waals surface area contributed by atoms with Crippen molar-refractivity contribution in [3.05, 3.63) is 77.6 Å². The highest BCUT2D eigenvalue weighted by atomic mass is 19.1. The van der Waals surface area contributed by atoms with E-state index in [9.17, 15) is 9.18 Å². The first-order valence-electron chi connectivity index (χ1n) is 8.21. The Morgan fingerprint density at radius 3 is 2.72 bits per heavy atom. The topological polar surface area (TPSA) is 26.3 Å². The first-order chi connectivity index (χ1) is 12.1. The molecule has 0 atom stereocenters. The van der Waals surface area contributed by atoms with Crippen LogP contribution in [0.5, 0.6) is 0 Å². The summed E-state index contributed by atoms with van der Waals surface area (Å²) < 4.78 is 19.3. The van der Waals surface area contributed by atoms with Gasteiger partial charge in [0.2, 0.25) is 0 Å². The molecule has 0 saturated heterocycles. The number of carbonyl (C=O) groups is 1. The summed E-state index contributed by atoms with van der Waals surface area (Å²) in [5, 5.41) is 2.04. The smallest absolute Gasteiger partial charge is 0.164 e. The SMILES string of the molecule is C=C(OC)c1ccc2cccc(-c3ccc(F)c4c3C(=O)CC4)c2c1. The van der Waals surface area contributed by atoms with E-state index in [1.54, 1.807) is 13.2 Å². The molecule has 0 aromatic heterocycles. The van der Waals surface area contributed by atoms with Crippen molar-refractivity contribution < 1.29 is 13.9 Å². The van der Waals surface area contributed by atoms with Crippen molar-refractivity contribution in [2.75, 3.05) is 7.11 Å². The number of hydrogen-bond donors (Lipinski definition) is 0. The molecule has 0 radical (unpaired) electrons. The molecular weight excluding hydrogens is 315 g/mol. The first-order valence-corrected chi connectivity index (χ1v) is 8.21. The number of Topliss-reactive ketones (excluding diaryl/α,β-unsaturated/α-hetero) is 1. The Morgan fingerprint density at radius 2 is 1.92 bits per heavy atom. The van der Waals surface area contributed by atoms with Gasteiger partial charge in [0.1, 0.15) is 11.6 Å². The highest BCUT2D eigenvalue weighted by Crippen LogP contribution is 2.38. The lowest BCUT2D eigenvalue weighted by molar-refractivity contribution is 0.0995. The third-order valence-electron chi connectivity index (χ3n) is 4.88. The predicted molar refractivity (Wildman–Crippen MR) is 98.0 cm³/mol. The lowest BCUT2D eigenvalue weighted by Gasteiger charge is -2.13. The molecule has 0 aliphatic heterocycles. The molecule has 3 heteroatoms. The fourth-order valence-electron chi connectivity index (χ4n) is 3.57. The summed E-state index contributed by atoms with van der Waals surface area (Å²) in [4.78, 5) is 12.4. The van der Waals surface area contributed by atoms with Crippen molar-refractivity contribution in [1.29, 1.82) is 0 Å². The number of ether oxygens (including phenoxy) is 1. The highest BCUT2D eigenvalue weighted by molar-refractivity contribution is 6.09. The zero-order valence-electron chi connectivity index (χ0n) is 13.9. The lowest BCUT2D eigenvalue weighted by atomic mass is 9.91. The fourth-order valence-corrected chi connectivity index (χ4v) is 3.57. The summed E-state index contributed by atoms with van der Waals surface area (Å²) >= 11 is 0. The van der Waals surface area contributed by atoms with Crippen LogP contribution in [0, 0.1) is 5.82 Å². The van der Waals surface area contributed by atoms with Crippen LogP contribution in [0.15, 0.2) is 55.1 Å². The first kappa shape index (κ1) is 15.6. The largest absolute Gasteiger partial charge is 0.497 e. The van der Waals surface area contributed by atoms with Gasteiger partial charge < -0.3 is 4.74 Å². The van der Waals surface area contributed by atoms with Gasteiger partial charge in [-0.25, -0.2) is 4.39 Å². The summed E-state index contributed by atoms with van der Waals surface area (Å²) in [6.45, 7) is 3.91. The zero-order chi connectivity index (χ0) is 17.6. The zero-order valence-corrected chi connectivity index (χ0v) is 13.9. The van der Waals surface area contributed by atoms with Gasteiger partial charge in [0, 0.05) is 17.5 Å². The molecule has 124 valence electrons. The van der Waals surface area contributed by atoms with E-state index in [2.05, 4.69) is 6.58 Å². The minimum atomic E-state index is -0.293. The van der Waals surface area contributed by atoms with Crippen LogP contribution < -0.4 is 0 Å². The van der Waals surface area contributed by atoms with E-state index < -0.39 is 0 Å². The lowest BCUT2D eigenvalue weighted by Crippen LogP contribution is -1.98. The van der Waals surface area contributed by atoms with Crippen molar-refractivity contribution in [1.82, 2.24) is 0 Å². The Bertz CT molecular complexity index is 1030. The average Bonchev–Trinajstić information content (AvgIpc) is 3.03. The van der Waals surface area contributed by atoms with Crippen LogP contribution in [-0.2, 0) is 11.2 Å². The van der Waals surface area contributed by atoms with Crippen LogP contribution in [0.2, 0.25) is 0 Å². The molecule has 2 nitrogen and oxygen atoms in total. The van der Waals surface area contributed by atoms with Gasteiger partial charge in [0.25, 0.3) is 0 Å². The van der Waals surface area contributed by atoms with Crippen LogP contribution in [0.3, 0.4) is 0 Å². The molecule has 0 N–H and O–H groups in total. The van der Waals surface area contributed by atoms with Gasteiger partial charge in [-0.15, -0.1) is 0 Å². The number of rotatable bonds is 3. The standard InChI is InChI=1S/C22H17FO2/c1-13(25-2)15-7-6-14-4-3-5-16(19(14)12-15)17-8-10-20(23)18-9-11-21(24)22(17)18/h3-8,10,12H,1,9,11H2,2H3. The van der Waals surface area contributed by atoms with Crippen molar-refractivity contribution in [2.45, 2.75) is 12.8 Å². The van der Waals surface area contributed by atoms with E-state index in [0.29, 0.717) is 29.7 Å². The Balaban J connectivity index is 2.01. The van der Waals surface area contributed by atoms with Crippen LogP contribution >= 0.6 is 0 Å². The number of benzene rings is 3. The van der Waals surface area contributed by atoms with Gasteiger partial charge in [-0.2, -0.15) is 0 Å². The molecule has 0 heterocycles. The Hall–Kier alpha value is -2.94. The summed E-state index contributed by atoms with van der Waals surface area (Å²) in [6, 6.07) is 15.1. The van der Waals surface area contributed by atoms with E-state index in [1.807, 2.05) is 36.4 Å². The maximum atomic E-state index is 14.1. The molecule has 3 aromatic carbocycles. The van der Waals surface area contributed by atoms with E-state index in [1.165, 1.54) is 6.07 Å². The summed E-state index contributed by atoms with van der Waals surface area (Å²) in [6.07, 6.45) is 0.851. The number of methoxy groups -OCH3 is 1. The van der Waals surface area contributed by atoms with E-state index in [4.69, 9.17) is 4.74 Å². The summed E-state index contributed by atoms with van der Waals surface area (Å²) in [5.41, 5.74) is 3.67. The van der Waals surface area contributed by atoms with Crippen LogP contribution in [0.4, 0.5) is 4.39 Å².